The van der Waals surface area contributed by atoms with E-state index in [4.69, 9.17) is 0 Å². The molecule has 0 aromatic heterocycles. The molecule has 0 N–H and O–H groups in total. The quantitative estimate of drug-likeness (QED) is 0.471. The Hall–Kier alpha value is 0.730. The van der Waals surface area contributed by atoms with Crippen molar-refractivity contribution < 1.29 is 0 Å². The first-order chi connectivity index (χ1) is 2.77. The molecule has 0 saturated heterocycles. The van der Waals surface area contributed by atoms with Crippen LogP contribution in [-0.4, -0.2) is 3.92 Å². The molecule has 0 aliphatic carbocycles. The Morgan fingerprint density at radius 1 is 1.83 bits per heavy atom. The van der Waals surface area contributed by atoms with Crippen molar-refractivity contribution in [3.8, 4) is 0 Å². The smallest absolute Gasteiger partial charge is 0.00839 e. The minimum atomic E-state index is 0.813. The molecule has 1 unspecified atom stereocenters. The van der Waals surface area contributed by atoms with Crippen molar-refractivity contribution in [2.45, 2.75) is 24.2 Å². The van der Waals surface area contributed by atoms with Crippen LogP contribution < -0.4 is 0 Å². The lowest BCUT2D eigenvalue weighted by Gasteiger charge is -1.93. The molecule has 1 heteroatoms. The molecule has 0 aromatic carbocycles. The van der Waals surface area contributed by atoms with Gasteiger partial charge in [-0.3, -0.25) is 0 Å². The Labute approximate surface area is 53.5 Å². The zero-order valence-corrected chi connectivity index (χ0v) is 6.40. The molecule has 0 spiro atoms. The topological polar surface area (TPSA) is 0 Å². The van der Waals surface area contributed by atoms with Crippen molar-refractivity contribution in [3.05, 3.63) is 6.42 Å². The van der Waals surface area contributed by atoms with E-state index in [0.29, 0.717) is 0 Å². The Balaban J connectivity index is 2.63. The van der Waals surface area contributed by atoms with Gasteiger partial charge in [-0.25, -0.2) is 0 Å². The fraction of sp³-hybridized carbons (Fsp3) is 0.800. The Bertz CT molecular complexity index is 25.1. The average Bonchev–Trinajstić information content (AvgIpc) is 1.35. The molecule has 0 aliphatic rings. The second-order valence-electron chi connectivity index (χ2n) is 1.42. The van der Waals surface area contributed by atoms with Gasteiger partial charge in [0.1, 0.15) is 0 Å². The van der Waals surface area contributed by atoms with Crippen molar-refractivity contribution in [1.82, 2.24) is 0 Å². The van der Waals surface area contributed by atoms with Crippen molar-refractivity contribution >= 4 is 22.6 Å². The van der Waals surface area contributed by atoms with E-state index in [0.717, 1.165) is 3.92 Å². The molecule has 0 saturated carbocycles. The predicted molar refractivity (Wildman–Crippen MR) is 38.1 cm³/mol. The van der Waals surface area contributed by atoms with Crippen LogP contribution in [0.3, 0.4) is 0 Å². The summed E-state index contributed by atoms with van der Waals surface area (Å²) in [7, 11) is 0. The third kappa shape index (κ3) is 4.73. The maximum atomic E-state index is 2.41. The second kappa shape index (κ2) is 3.90. The SMILES string of the molecule is C[CH]CC(C)I. The van der Waals surface area contributed by atoms with Crippen LogP contribution in [0, 0.1) is 6.42 Å². The molecule has 1 atom stereocenters. The molecule has 0 fully saturated rings. The van der Waals surface area contributed by atoms with E-state index >= 15 is 0 Å². The number of hydrogen-bond acceptors (Lipinski definition) is 0. The molecule has 0 aliphatic heterocycles. The highest BCUT2D eigenvalue weighted by Crippen LogP contribution is 2.04. The third-order valence-corrected chi connectivity index (χ3v) is 1.07. The lowest BCUT2D eigenvalue weighted by molar-refractivity contribution is 0.952. The van der Waals surface area contributed by atoms with E-state index in [1.165, 1.54) is 6.42 Å². The van der Waals surface area contributed by atoms with E-state index in [1.54, 1.807) is 0 Å². The first-order valence-corrected chi connectivity index (χ1v) is 3.44. The van der Waals surface area contributed by atoms with Crippen LogP contribution in [0.25, 0.3) is 0 Å². The van der Waals surface area contributed by atoms with Crippen LogP contribution in [0.1, 0.15) is 20.3 Å². The van der Waals surface area contributed by atoms with Gasteiger partial charge in [-0.05, 0) is 12.8 Å². The lowest BCUT2D eigenvalue weighted by atomic mass is 10.3. The van der Waals surface area contributed by atoms with E-state index in [1.807, 2.05) is 0 Å². The number of alkyl halides is 1. The maximum Gasteiger partial charge on any atom is 0.00839 e. The summed E-state index contributed by atoms with van der Waals surface area (Å²) in [4.78, 5) is 0. The van der Waals surface area contributed by atoms with Crippen molar-refractivity contribution in [2.75, 3.05) is 0 Å². The largest absolute Gasteiger partial charge is 0.0829 e. The predicted octanol–water partition coefficient (Wildman–Crippen LogP) is 2.42. The van der Waals surface area contributed by atoms with Gasteiger partial charge in [0.25, 0.3) is 0 Å². The fourth-order valence-electron chi connectivity index (χ4n) is 0.325. The van der Waals surface area contributed by atoms with Gasteiger partial charge in [-0.15, -0.1) is 0 Å². The van der Waals surface area contributed by atoms with E-state index in [9.17, 15) is 0 Å². The van der Waals surface area contributed by atoms with Gasteiger partial charge in [0, 0.05) is 3.92 Å². The summed E-state index contributed by atoms with van der Waals surface area (Å²) in [6.45, 7) is 4.30. The molecular weight excluding hydrogens is 187 g/mol. The summed E-state index contributed by atoms with van der Waals surface area (Å²) in [6.07, 6.45) is 3.43. The van der Waals surface area contributed by atoms with Crippen molar-refractivity contribution in [3.63, 3.8) is 0 Å². The van der Waals surface area contributed by atoms with Crippen LogP contribution in [0.15, 0.2) is 0 Å². The summed E-state index contributed by atoms with van der Waals surface area (Å²) in [5.74, 6) is 0. The Kier molecular flexibility index (Phi) is 4.38. The second-order valence-corrected chi connectivity index (χ2v) is 3.55. The fourth-order valence-corrected chi connectivity index (χ4v) is 0.833. The molecule has 0 bridgehead atoms. The Morgan fingerprint density at radius 3 is 2.33 bits per heavy atom. The van der Waals surface area contributed by atoms with Crippen LogP contribution in [0.2, 0.25) is 0 Å². The molecule has 0 aromatic rings. The highest BCUT2D eigenvalue weighted by molar-refractivity contribution is 14.1. The summed E-state index contributed by atoms with van der Waals surface area (Å²) in [5.41, 5.74) is 0. The summed E-state index contributed by atoms with van der Waals surface area (Å²) >= 11 is 2.41. The lowest BCUT2D eigenvalue weighted by Crippen LogP contribution is -1.85. The first-order valence-electron chi connectivity index (χ1n) is 2.19. The van der Waals surface area contributed by atoms with Gasteiger partial charge < -0.3 is 0 Å². The molecule has 1 radical (unpaired) electrons. The average molecular weight is 197 g/mol. The minimum Gasteiger partial charge on any atom is -0.0829 e. The molecule has 0 nitrogen and oxygen atoms in total. The molecule has 37 valence electrons. The molecule has 6 heavy (non-hydrogen) atoms. The van der Waals surface area contributed by atoms with Gasteiger partial charge in [-0.2, -0.15) is 0 Å². The van der Waals surface area contributed by atoms with Gasteiger partial charge in [-0.1, -0.05) is 36.4 Å². The maximum absolute atomic E-state index is 2.41. The highest BCUT2D eigenvalue weighted by atomic mass is 127. The van der Waals surface area contributed by atoms with Crippen molar-refractivity contribution in [2.24, 2.45) is 0 Å². The Morgan fingerprint density at radius 2 is 2.33 bits per heavy atom. The summed E-state index contributed by atoms with van der Waals surface area (Å²) in [5, 5.41) is 0. The molecule has 0 amide bonds. The zero-order chi connectivity index (χ0) is 4.99. The number of hydrogen-bond donors (Lipinski definition) is 0. The van der Waals surface area contributed by atoms with Crippen LogP contribution in [0.5, 0.6) is 0 Å². The van der Waals surface area contributed by atoms with Gasteiger partial charge >= 0.3 is 0 Å². The van der Waals surface area contributed by atoms with E-state index in [-0.39, 0.29) is 0 Å². The number of halogens is 1. The summed E-state index contributed by atoms with van der Waals surface area (Å²) in [6, 6.07) is 0. The zero-order valence-electron chi connectivity index (χ0n) is 4.24. The molecule has 0 rings (SSSR count). The van der Waals surface area contributed by atoms with Crippen LogP contribution >= 0.6 is 22.6 Å². The molecular formula is C5H10I. The minimum absolute atomic E-state index is 0.813. The van der Waals surface area contributed by atoms with Gasteiger partial charge in [0.15, 0.2) is 0 Å². The van der Waals surface area contributed by atoms with Gasteiger partial charge in [0.05, 0.1) is 0 Å². The highest BCUT2D eigenvalue weighted by Gasteiger charge is 1.88. The van der Waals surface area contributed by atoms with Gasteiger partial charge in [0.2, 0.25) is 0 Å². The van der Waals surface area contributed by atoms with Crippen molar-refractivity contribution in [1.29, 1.82) is 0 Å². The first kappa shape index (κ1) is 6.73. The van der Waals surface area contributed by atoms with Crippen LogP contribution in [-0.2, 0) is 0 Å². The van der Waals surface area contributed by atoms with E-state index < -0.39 is 0 Å². The summed E-state index contributed by atoms with van der Waals surface area (Å²) < 4.78 is 0.813. The normalized spacial score (nSPS) is 14.5. The monoisotopic (exact) mass is 197 g/mol. The number of rotatable bonds is 2. The molecule has 0 heterocycles. The standard InChI is InChI=1S/C5H10I/c1-3-4-5(2)6/h3,5H,4H2,1-2H3. The van der Waals surface area contributed by atoms with E-state index in [2.05, 4.69) is 42.9 Å². The third-order valence-electron chi connectivity index (χ3n) is 0.560. The van der Waals surface area contributed by atoms with Crippen LogP contribution in [0.4, 0.5) is 0 Å².